The molecule has 9 heteroatoms. The lowest BCUT2D eigenvalue weighted by Crippen LogP contribution is -2.31. The third-order valence-electron chi connectivity index (χ3n) is 3.24. The molecule has 20 heavy (non-hydrogen) atoms. The second kappa shape index (κ2) is 6.02. The minimum Gasteiger partial charge on any atom is -0.481 e. The molecular weight excluding hydrogens is 297 g/mol. The van der Waals surface area contributed by atoms with Crippen LogP contribution in [0.15, 0.2) is 9.64 Å². The van der Waals surface area contributed by atoms with Crippen molar-refractivity contribution in [1.29, 1.82) is 0 Å². The molecule has 0 amide bonds. The van der Waals surface area contributed by atoms with Crippen LogP contribution in [-0.2, 0) is 4.79 Å². The molecule has 1 N–H and O–H groups in total. The highest BCUT2D eigenvalue weighted by Crippen LogP contribution is 2.46. The number of aromatic nitrogens is 2. The Kier molecular flexibility index (Phi) is 4.56. The van der Waals surface area contributed by atoms with Crippen LogP contribution >= 0.6 is 11.8 Å². The van der Waals surface area contributed by atoms with Gasteiger partial charge >= 0.3 is 12.1 Å². The van der Waals surface area contributed by atoms with Crippen molar-refractivity contribution in [3.8, 4) is 0 Å². The van der Waals surface area contributed by atoms with Crippen molar-refractivity contribution < 1.29 is 27.5 Å². The molecule has 112 valence electrons. The van der Waals surface area contributed by atoms with E-state index in [1.54, 1.807) is 0 Å². The molecule has 1 aliphatic rings. The maximum Gasteiger partial charge on any atom is 0.392 e. The Morgan fingerprint density at radius 2 is 2.05 bits per heavy atom. The van der Waals surface area contributed by atoms with E-state index < -0.39 is 24.0 Å². The van der Waals surface area contributed by atoms with E-state index in [1.165, 1.54) is 0 Å². The van der Waals surface area contributed by atoms with Crippen molar-refractivity contribution in [3.63, 3.8) is 0 Å². The first-order valence-corrected chi connectivity index (χ1v) is 7.11. The van der Waals surface area contributed by atoms with Gasteiger partial charge in [0.05, 0.1) is 5.92 Å². The van der Waals surface area contributed by atoms with Crippen molar-refractivity contribution in [2.45, 2.75) is 43.0 Å². The molecule has 0 aromatic carbocycles. The lowest BCUT2D eigenvalue weighted by Gasteiger charge is -2.30. The monoisotopic (exact) mass is 310 g/mol. The molecule has 2 unspecified atom stereocenters. The van der Waals surface area contributed by atoms with Crippen LogP contribution in [0.5, 0.6) is 0 Å². The van der Waals surface area contributed by atoms with Crippen molar-refractivity contribution in [1.82, 2.24) is 10.2 Å². The number of rotatable bonds is 4. The van der Waals surface area contributed by atoms with Crippen molar-refractivity contribution in [2.24, 2.45) is 5.92 Å². The first-order valence-electron chi connectivity index (χ1n) is 6.12. The van der Waals surface area contributed by atoms with Crippen LogP contribution in [0.2, 0.25) is 0 Å². The van der Waals surface area contributed by atoms with Crippen LogP contribution in [0.25, 0.3) is 0 Å². The highest BCUT2D eigenvalue weighted by atomic mass is 32.2. The summed E-state index contributed by atoms with van der Waals surface area (Å²) in [4.78, 5) is 10.4. The van der Waals surface area contributed by atoms with E-state index in [2.05, 4.69) is 10.2 Å². The minimum atomic E-state index is -4.28. The summed E-state index contributed by atoms with van der Waals surface area (Å²) in [6, 6.07) is 0. The zero-order valence-corrected chi connectivity index (χ0v) is 11.2. The molecule has 0 saturated heterocycles. The van der Waals surface area contributed by atoms with Gasteiger partial charge in [-0.15, -0.1) is 10.2 Å². The van der Waals surface area contributed by atoms with Crippen molar-refractivity contribution >= 4 is 17.7 Å². The van der Waals surface area contributed by atoms with Gasteiger partial charge in [0, 0.05) is 5.92 Å². The summed E-state index contributed by atoms with van der Waals surface area (Å²) in [6.45, 7) is 0. The number of carboxylic acid groups (broad SMARTS) is 1. The van der Waals surface area contributed by atoms with Gasteiger partial charge in [-0.1, -0.05) is 24.6 Å². The number of aliphatic carboxylic acids is 1. The van der Waals surface area contributed by atoms with Crippen molar-refractivity contribution in [3.05, 3.63) is 5.89 Å². The van der Waals surface area contributed by atoms with Gasteiger partial charge in [0.15, 0.2) is 0 Å². The van der Waals surface area contributed by atoms with E-state index in [-0.39, 0.29) is 23.3 Å². The first-order chi connectivity index (χ1) is 9.38. The molecule has 0 aliphatic heterocycles. The van der Waals surface area contributed by atoms with Gasteiger partial charge in [-0.25, -0.2) is 0 Å². The standard InChI is InChI=1S/C11H13F3N2O3S/c12-11(13,14)7-4-2-1-3-6(7)9-15-16-10(19-9)20-5-8(17)18/h6-7H,1-5H2,(H,17,18). The highest BCUT2D eigenvalue weighted by molar-refractivity contribution is 7.99. The Hall–Kier alpha value is -1.25. The lowest BCUT2D eigenvalue weighted by atomic mass is 9.79. The second-order valence-electron chi connectivity index (χ2n) is 4.63. The normalized spacial score (nSPS) is 23.8. The molecule has 1 saturated carbocycles. The molecule has 1 aromatic rings. The van der Waals surface area contributed by atoms with Gasteiger partial charge in [0.2, 0.25) is 5.89 Å². The third kappa shape index (κ3) is 3.65. The van der Waals surface area contributed by atoms with Gasteiger partial charge in [0.1, 0.15) is 5.75 Å². The summed E-state index contributed by atoms with van der Waals surface area (Å²) in [6.07, 6.45) is -2.63. The predicted octanol–water partition coefficient (Wildman–Crippen LogP) is 3.08. The van der Waals surface area contributed by atoms with Crippen molar-refractivity contribution in [2.75, 3.05) is 5.75 Å². The number of carbonyl (C=O) groups is 1. The number of thioether (sulfide) groups is 1. The van der Waals surface area contributed by atoms with E-state index in [0.717, 1.165) is 11.8 Å². The lowest BCUT2D eigenvalue weighted by molar-refractivity contribution is -0.189. The molecule has 0 radical (unpaired) electrons. The fraction of sp³-hybridized carbons (Fsp3) is 0.727. The van der Waals surface area contributed by atoms with Gasteiger partial charge in [-0.05, 0) is 12.8 Å². The maximum absolute atomic E-state index is 13.0. The van der Waals surface area contributed by atoms with Crippen LogP contribution in [0, 0.1) is 5.92 Å². The minimum absolute atomic E-state index is 0.00565. The van der Waals surface area contributed by atoms with Crippen LogP contribution in [0.1, 0.15) is 37.5 Å². The molecule has 2 rings (SSSR count). The van der Waals surface area contributed by atoms with Gasteiger partial charge in [0.25, 0.3) is 5.22 Å². The summed E-state index contributed by atoms with van der Waals surface area (Å²) in [5.74, 6) is -3.65. The Labute approximate surface area is 116 Å². The first kappa shape index (κ1) is 15.1. The molecule has 5 nitrogen and oxygen atoms in total. The van der Waals surface area contributed by atoms with E-state index >= 15 is 0 Å². The van der Waals surface area contributed by atoms with E-state index in [4.69, 9.17) is 9.52 Å². The predicted molar refractivity (Wildman–Crippen MR) is 63.4 cm³/mol. The van der Waals surface area contributed by atoms with Crippen LogP contribution in [0.3, 0.4) is 0 Å². The number of hydrogen-bond acceptors (Lipinski definition) is 5. The molecular formula is C11H13F3N2O3S. The van der Waals surface area contributed by atoms with Gasteiger partial charge < -0.3 is 9.52 Å². The fourth-order valence-electron chi connectivity index (χ4n) is 2.37. The molecule has 1 heterocycles. The second-order valence-corrected chi connectivity index (χ2v) is 5.55. The van der Waals surface area contributed by atoms with Crippen LogP contribution in [-0.4, -0.2) is 33.2 Å². The third-order valence-corrected chi connectivity index (χ3v) is 4.05. The average Bonchev–Trinajstić information content (AvgIpc) is 2.84. The Bertz CT molecular complexity index is 478. The largest absolute Gasteiger partial charge is 0.481 e. The molecule has 0 spiro atoms. The van der Waals surface area contributed by atoms with Crippen LogP contribution < -0.4 is 0 Å². The number of hydrogen-bond donors (Lipinski definition) is 1. The Morgan fingerprint density at radius 1 is 1.35 bits per heavy atom. The summed E-state index contributed by atoms with van der Waals surface area (Å²) >= 11 is 0.801. The summed E-state index contributed by atoms with van der Waals surface area (Å²) in [5, 5.41) is 15.8. The number of halogens is 3. The number of carboxylic acids is 1. The Morgan fingerprint density at radius 3 is 2.70 bits per heavy atom. The van der Waals surface area contributed by atoms with Crippen LogP contribution in [0.4, 0.5) is 13.2 Å². The smallest absolute Gasteiger partial charge is 0.392 e. The highest BCUT2D eigenvalue weighted by Gasteiger charge is 2.47. The summed E-state index contributed by atoms with van der Waals surface area (Å²) < 4.78 is 44.1. The quantitative estimate of drug-likeness (QED) is 0.861. The number of alkyl halides is 3. The molecule has 1 fully saturated rings. The summed E-state index contributed by atoms with van der Waals surface area (Å²) in [7, 11) is 0. The van der Waals surface area contributed by atoms with E-state index in [0.29, 0.717) is 19.3 Å². The maximum atomic E-state index is 13.0. The molecule has 1 aromatic heterocycles. The fourth-order valence-corrected chi connectivity index (χ4v) is 2.86. The van der Waals surface area contributed by atoms with Gasteiger partial charge in [-0.3, -0.25) is 4.79 Å². The Balaban J connectivity index is 2.10. The topological polar surface area (TPSA) is 76.2 Å². The molecule has 1 aliphatic carbocycles. The van der Waals surface area contributed by atoms with Gasteiger partial charge in [-0.2, -0.15) is 13.2 Å². The summed E-state index contributed by atoms with van der Waals surface area (Å²) in [5.41, 5.74) is 0. The SMILES string of the molecule is O=C(O)CSc1nnc(C2CCCCC2C(F)(F)F)o1. The zero-order chi connectivity index (χ0) is 14.8. The van der Waals surface area contributed by atoms with E-state index in [1.807, 2.05) is 0 Å². The molecule has 0 bridgehead atoms. The number of nitrogens with zero attached hydrogens (tertiary/aromatic N) is 2. The average molecular weight is 310 g/mol. The zero-order valence-electron chi connectivity index (χ0n) is 10.4. The molecule has 2 atom stereocenters. The van der Waals surface area contributed by atoms with E-state index in [9.17, 15) is 18.0 Å².